The van der Waals surface area contributed by atoms with Crippen molar-refractivity contribution in [3.05, 3.63) is 12.2 Å². The highest BCUT2D eigenvalue weighted by molar-refractivity contribution is 5.72. The molecular weight excluding hydrogens is 809 g/mol. The van der Waals surface area contributed by atoms with Gasteiger partial charge in [-0.15, -0.1) is 0 Å². The second-order valence-electron chi connectivity index (χ2n) is 26.7. The van der Waals surface area contributed by atoms with Crippen molar-refractivity contribution in [2.75, 3.05) is 33.0 Å². The summed E-state index contributed by atoms with van der Waals surface area (Å²) in [5, 5.41) is 31.7. The molecule has 10 heteroatoms. The summed E-state index contributed by atoms with van der Waals surface area (Å²) in [6, 6.07) is 0. The molecule has 5 unspecified atom stereocenters. The van der Waals surface area contributed by atoms with Gasteiger partial charge in [-0.25, -0.2) is 0 Å². The maximum Gasteiger partial charge on any atom is 0.309 e. The van der Waals surface area contributed by atoms with Gasteiger partial charge in [0.25, 0.3) is 0 Å². The average Bonchev–Trinajstić information content (AvgIpc) is 3.50. The van der Waals surface area contributed by atoms with E-state index in [0.717, 1.165) is 0 Å². The van der Waals surface area contributed by atoms with Crippen LogP contribution in [-0.4, -0.2) is 105 Å². The van der Waals surface area contributed by atoms with Gasteiger partial charge >= 0.3 is 5.97 Å². The molecule has 1 aliphatic rings. The molecule has 0 aromatic rings. The van der Waals surface area contributed by atoms with Gasteiger partial charge in [0.15, 0.2) is 0 Å². The minimum Gasteiger partial charge on any atom is -0.459 e. The molecule has 0 amide bonds. The van der Waals surface area contributed by atoms with Crippen LogP contribution in [-0.2, 0) is 33.2 Å². The molecule has 10 nitrogen and oxygen atoms in total. The zero-order chi connectivity index (χ0) is 50.4. The second kappa shape index (κ2) is 22.1. The first-order valence-corrected chi connectivity index (χ1v) is 24.5. The smallest absolute Gasteiger partial charge is 0.309 e. The predicted octanol–water partition coefficient (Wildman–Crippen LogP) is 11.7. The van der Waals surface area contributed by atoms with Crippen LogP contribution in [0.3, 0.4) is 0 Å². The summed E-state index contributed by atoms with van der Waals surface area (Å²) in [6.45, 7) is 51.0. The van der Waals surface area contributed by atoms with Gasteiger partial charge in [-0.05, 0) is 159 Å². The lowest BCUT2D eigenvalue weighted by Gasteiger charge is -2.48. The number of rotatable bonds is 28. The van der Waals surface area contributed by atoms with Crippen LogP contribution in [0.4, 0.5) is 0 Å². The highest BCUT2D eigenvalue weighted by Crippen LogP contribution is 2.51. The van der Waals surface area contributed by atoms with Gasteiger partial charge in [-0.1, -0.05) is 67.5 Å². The summed E-state index contributed by atoms with van der Waals surface area (Å²) in [7, 11) is 0. The van der Waals surface area contributed by atoms with Gasteiger partial charge in [0.1, 0.15) is 5.60 Å². The van der Waals surface area contributed by atoms with Crippen molar-refractivity contribution in [1.82, 2.24) is 0 Å². The lowest BCUT2D eigenvalue weighted by Crippen LogP contribution is -2.55. The molecule has 1 heterocycles. The molecular formula is C54H104O10. The Morgan fingerprint density at radius 2 is 1.02 bits per heavy atom. The van der Waals surface area contributed by atoms with Crippen molar-refractivity contribution < 1.29 is 48.5 Å². The fraction of sp³-hybridized carbons (Fsp3) is 0.944. The van der Waals surface area contributed by atoms with E-state index in [-0.39, 0.29) is 52.0 Å². The molecule has 380 valence electrons. The van der Waals surface area contributed by atoms with Crippen LogP contribution in [0, 0.1) is 39.9 Å². The number of aliphatic hydroxyl groups is 3. The SMILES string of the molecule is CC(CC(C)(C)/C=C\C(C)(C)C(C)(C)C)C(=O)OC(C)(C)CCOC(C)(C)CC(C1OCC(C(C)(C)OCCC(C)(C)O)C1C(C)(C)OCCC(C)(C)O)C(C)(C)OCCC(C)(C)O. The second-order valence-corrected chi connectivity index (χ2v) is 26.7. The zero-order valence-corrected chi connectivity index (χ0v) is 46.0. The number of allylic oxidation sites excluding steroid dienone is 2. The summed E-state index contributed by atoms with van der Waals surface area (Å²) in [5.74, 6) is -0.956. The number of carbonyl (C=O) groups excluding carboxylic acids is 1. The Morgan fingerprint density at radius 3 is 1.47 bits per heavy atom. The molecule has 0 bridgehead atoms. The predicted molar refractivity (Wildman–Crippen MR) is 262 cm³/mol. The van der Waals surface area contributed by atoms with Crippen LogP contribution in [0.25, 0.3) is 0 Å². The van der Waals surface area contributed by atoms with Crippen molar-refractivity contribution in [3.63, 3.8) is 0 Å². The van der Waals surface area contributed by atoms with Gasteiger partial charge in [0.05, 0.1) is 84.3 Å². The third-order valence-corrected chi connectivity index (χ3v) is 14.2. The quantitative estimate of drug-likeness (QED) is 0.0515. The summed E-state index contributed by atoms with van der Waals surface area (Å²) < 4.78 is 40.1. The van der Waals surface area contributed by atoms with Gasteiger partial charge in [0, 0.05) is 24.2 Å². The lowest BCUT2D eigenvalue weighted by molar-refractivity contribution is -0.176. The third-order valence-electron chi connectivity index (χ3n) is 14.2. The summed E-state index contributed by atoms with van der Waals surface area (Å²) in [6.07, 6.45) is 7.38. The molecule has 0 spiro atoms. The van der Waals surface area contributed by atoms with E-state index < -0.39 is 44.8 Å². The molecule has 1 fully saturated rings. The Bertz CT molecular complexity index is 1440. The van der Waals surface area contributed by atoms with E-state index in [1.54, 1.807) is 41.5 Å². The van der Waals surface area contributed by atoms with Gasteiger partial charge in [-0.3, -0.25) is 4.79 Å². The first-order valence-electron chi connectivity index (χ1n) is 24.5. The lowest BCUT2D eigenvalue weighted by atomic mass is 9.65. The number of esters is 1. The number of ether oxygens (including phenoxy) is 6. The molecule has 0 aromatic carbocycles. The van der Waals surface area contributed by atoms with Crippen LogP contribution in [0.15, 0.2) is 12.2 Å². The molecule has 0 aromatic heterocycles. The van der Waals surface area contributed by atoms with Crippen LogP contribution in [0.2, 0.25) is 0 Å². The van der Waals surface area contributed by atoms with Gasteiger partial charge < -0.3 is 43.7 Å². The maximum absolute atomic E-state index is 13.6. The van der Waals surface area contributed by atoms with Gasteiger partial charge in [0.2, 0.25) is 0 Å². The molecule has 5 atom stereocenters. The van der Waals surface area contributed by atoms with E-state index in [4.69, 9.17) is 28.4 Å². The Morgan fingerprint density at radius 1 is 0.578 bits per heavy atom. The standard InChI is InChI=1S/C54H104O10/c1-38(35-45(5,6)25-26-46(7,8)44(2,3)4)43(55)64-50(15,16)30-34-60-51(17,18)36-39(52(19,20)61-31-27-47(9,10)56)42-41(54(23,24)63-33-29-49(13,14)58)40(37-59-42)53(21,22)62-32-28-48(11,12)57/h25-26,38-42,56-58H,27-37H2,1-24H3/b26-25-. The first-order chi connectivity index (χ1) is 28.2. The van der Waals surface area contributed by atoms with Crippen molar-refractivity contribution in [2.45, 2.75) is 256 Å². The molecule has 1 saturated heterocycles. The van der Waals surface area contributed by atoms with Crippen LogP contribution in [0.5, 0.6) is 0 Å². The van der Waals surface area contributed by atoms with Gasteiger partial charge in [-0.2, -0.15) is 0 Å². The van der Waals surface area contributed by atoms with Crippen LogP contribution < -0.4 is 0 Å². The van der Waals surface area contributed by atoms with Crippen LogP contribution in [0.1, 0.15) is 205 Å². The fourth-order valence-electron chi connectivity index (χ4n) is 8.50. The minimum atomic E-state index is -0.892. The maximum atomic E-state index is 13.6. The topological polar surface area (TPSA) is 133 Å². The van der Waals surface area contributed by atoms with E-state index in [2.05, 4.69) is 116 Å². The highest BCUT2D eigenvalue weighted by Gasteiger charge is 2.58. The van der Waals surface area contributed by atoms with Crippen molar-refractivity contribution in [2.24, 2.45) is 39.9 Å². The normalized spacial score (nSPS) is 20.6. The minimum absolute atomic E-state index is 0.00581. The summed E-state index contributed by atoms with van der Waals surface area (Å²) >= 11 is 0. The van der Waals surface area contributed by atoms with E-state index in [1.165, 1.54) is 0 Å². The number of hydrogen-bond donors (Lipinski definition) is 3. The van der Waals surface area contributed by atoms with E-state index in [9.17, 15) is 20.1 Å². The molecule has 1 rings (SSSR count). The molecule has 64 heavy (non-hydrogen) atoms. The highest BCUT2D eigenvalue weighted by atomic mass is 16.6. The largest absolute Gasteiger partial charge is 0.459 e. The molecule has 0 radical (unpaired) electrons. The van der Waals surface area contributed by atoms with Crippen molar-refractivity contribution in [1.29, 1.82) is 0 Å². The molecule has 3 N–H and O–H groups in total. The molecule has 1 aliphatic heterocycles. The summed E-state index contributed by atoms with van der Waals surface area (Å²) in [5.41, 5.74) is -6.18. The Balaban J connectivity index is 3.46. The molecule has 0 saturated carbocycles. The Kier molecular flexibility index (Phi) is 21.0. The fourth-order valence-corrected chi connectivity index (χ4v) is 8.50. The summed E-state index contributed by atoms with van der Waals surface area (Å²) in [4.78, 5) is 13.6. The zero-order valence-electron chi connectivity index (χ0n) is 46.0. The monoisotopic (exact) mass is 913 g/mol. The van der Waals surface area contributed by atoms with E-state index in [0.29, 0.717) is 71.6 Å². The number of hydrogen-bond acceptors (Lipinski definition) is 10. The van der Waals surface area contributed by atoms with Crippen molar-refractivity contribution in [3.8, 4) is 0 Å². The van der Waals surface area contributed by atoms with E-state index >= 15 is 0 Å². The van der Waals surface area contributed by atoms with Crippen LogP contribution >= 0.6 is 0 Å². The third kappa shape index (κ3) is 21.5. The Hall–Kier alpha value is -1.11. The van der Waals surface area contributed by atoms with Crippen molar-refractivity contribution >= 4 is 5.97 Å². The van der Waals surface area contributed by atoms with E-state index in [1.807, 2.05) is 20.8 Å². The average molecular weight is 913 g/mol. The number of carbonyl (C=O) groups is 1. The first kappa shape index (κ1) is 60.9. The molecule has 0 aliphatic carbocycles. The Labute approximate surface area is 394 Å².